The van der Waals surface area contributed by atoms with Gasteiger partial charge in [-0.25, -0.2) is 0 Å². The van der Waals surface area contributed by atoms with Crippen molar-refractivity contribution >= 4 is 22.4 Å². The summed E-state index contributed by atoms with van der Waals surface area (Å²) in [7, 11) is 0. The van der Waals surface area contributed by atoms with Gasteiger partial charge in [0.2, 0.25) is 5.13 Å². The maximum Gasteiger partial charge on any atom is 0.264 e. The molecule has 2 rings (SSSR count). The lowest BCUT2D eigenvalue weighted by molar-refractivity contribution is -0.118. The quantitative estimate of drug-likeness (QED) is 0.848. The van der Waals surface area contributed by atoms with Crippen molar-refractivity contribution in [1.29, 1.82) is 0 Å². The van der Waals surface area contributed by atoms with Gasteiger partial charge in [-0.1, -0.05) is 18.3 Å². The number of carbonyl (C=O) groups is 1. The van der Waals surface area contributed by atoms with Gasteiger partial charge in [-0.15, -0.1) is 10.2 Å². The number of carbonyl (C=O) groups excluding carboxylic acids is 1. The first-order chi connectivity index (χ1) is 9.78. The van der Waals surface area contributed by atoms with E-state index in [0.717, 1.165) is 12.2 Å². The van der Waals surface area contributed by atoms with Gasteiger partial charge in [0.1, 0.15) is 17.0 Å². The molecule has 2 aromatic rings. The van der Waals surface area contributed by atoms with Crippen molar-refractivity contribution < 1.29 is 14.3 Å². The fourth-order valence-electron chi connectivity index (χ4n) is 1.38. The molecule has 106 valence electrons. The molecule has 0 unspecified atom stereocenters. The molecular weight excluding hydrogens is 278 g/mol. The van der Waals surface area contributed by atoms with Crippen LogP contribution in [-0.2, 0) is 4.79 Å². The topological polar surface area (TPSA) is 73.3 Å². The van der Waals surface area contributed by atoms with E-state index in [1.165, 1.54) is 11.3 Å². The molecule has 1 aromatic carbocycles. The van der Waals surface area contributed by atoms with E-state index in [4.69, 9.17) is 9.47 Å². The molecule has 20 heavy (non-hydrogen) atoms. The molecule has 1 heterocycles. The van der Waals surface area contributed by atoms with E-state index in [2.05, 4.69) is 15.5 Å². The van der Waals surface area contributed by atoms with E-state index in [-0.39, 0.29) is 12.5 Å². The summed E-state index contributed by atoms with van der Waals surface area (Å²) in [4.78, 5) is 11.6. The Labute approximate surface area is 120 Å². The van der Waals surface area contributed by atoms with Gasteiger partial charge in [-0.2, -0.15) is 0 Å². The van der Waals surface area contributed by atoms with Crippen molar-refractivity contribution in [3.8, 4) is 11.5 Å². The van der Waals surface area contributed by atoms with Gasteiger partial charge < -0.3 is 9.47 Å². The molecule has 0 atom stereocenters. The Morgan fingerprint density at radius 3 is 2.55 bits per heavy atom. The molecule has 1 aromatic heterocycles. The lowest BCUT2D eigenvalue weighted by atomic mass is 10.3. The van der Waals surface area contributed by atoms with Crippen LogP contribution in [0.4, 0.5) is 5.13 Å². The van der Waals surface area contributed by atoms with Crippen LogP contribution in [-0.4, -0.2) is 29.3 Å². The number of anilines is 1. The molecule has 0 aliphatic rings. The van der Waals surface area contributed by atoms with Gasteiger partial charge >= 0.3 is 0 Å². The van der Waals surface area contributed by atoms with Crippen LogP contribution in [0, 0.1) is 0 Å². The zero-order valence-corrected chi connectivity index (χ0v) is 11.9. The maximum atomic E-state index is 11.6. The van der Waals surface area contributed by atoms with E-state index in [1.54, 1.807) is 17.6 Å². The van der Waals surface area contributed by atoms with Gasteiger partial charge in [-0.05, 0) is 30.7 Å². The van der Waals surface area contributed by atoms with Crippen LogP contribution in [0.25, 0.3) is 0 Å². The third-order valence-corrected chi connectivity index (χ3v) is 2.88. The number of ether oxygens (including phenoxy) is 2. The van der Waals surface area contributed by atoms with Crippen molar-refractivity contribution in [1.82, 2.24) is 10.2 Å². The second kappa shape index (κ2) is 7.44. The van der Waals surface area contributed by atoms with E-state index in [9.17, 15) is 4.79 Å². The summed E-state index contributed by atoms with van der Waals surface area (Å²) >= 11 is 1.26. The first kappa shape index (κ1) is 14.3. The zero-order chi connectivity index (χ0) is 14.2. The minimum Gasteiger partial charge on any atom is -0.494 e. The minimum absolute atomic E-state index is 0.0747. The van der Waals surface area contributed by atoms with E-state index >= 15 is 0 Å². The smallest absolute Gasteiger partial charge is 0.264 e. The first-order valence-electron chi connectivity index (χ1n) is 6.19. The van der Waals surface area contributed by atoms with Crippen molar-refractivity contribution in [3.63, 3.8) is 0 Å². The van der Waals surface area contributed by atoms with Crippen LogP contribution in [0.1, 0.15) is 13.3 Å². The number of amides is 1. The Hall–Kier alpha value is -2.15. The van der Waals surface area contributed by atoms with Gasteiger partial charge in [-0.3, -0.25) is 10.1 Å². The van der Waals surface area contributed by atoms with Crippen molar-refractivity contribution in [3.05, 3.63) is 29.8 Å². The van der Waals surface area contributed by atoms with Gasteiger partial charge in [0.25, 0.3) is 5.91 Å². The predicted molar refractivity (Wildman–Crippen MR) is 76.3 cm³/mol. The normalized spacial score (nSPS) is 10.1. The monoisotopic (exact) mass is 293 g/mol. The molecular formula is C13H15N3O3S. The number of benzene rings is 1. The van der Waals surface area contributed by atoms with Crippen LogP contribution >= 0.6 is 11.3 Å². The summed E-state index contributed by atoms with van der Waals surface area (Å²) in [6, 6.07) is 7.16. The number of hydrogen-bond acceptors (Lipinski definition) is 6. The lowest BCUT2D eigenvalue weighted by Crippen LogP contribution is -2.20. The summed E-state index contributed by atoms with van der Waals surface area (Å²) in [5.74, 6) is 1.13. The third kappa shape index (κ3) is 4.51. The Morgan fingerprint density at radius 2 is 1.95 bits per heavy atom. The number of nitrogens with one attached hydrogen (secondary N) is 1. The van der Waals surface area contributed by atoms with Crippen molar-refractivity contribution in [2.24, 2.45) is 0 Å². The summed E-state index contributed by atoms with van der Waals surface area (Å²) in [6.45, 7) is 2.66. The zero-order valence-electron chi connectivity index (χ0n) is 11.0. The summed E-state index contributed by atoms with van der Waals surface area (Å²) in [5.41, 5.74) is 1.55. The molecule has 0 fully saturated rings. The van der Waals surface area contributed by atoms with Gasteiger partial charge in [0, 0.05) is 0 Å². The second-order valence-corrected chi connectivity index (χ2v) is 4.73. The van der Waals surface area contributed by atoms with E-state index < -0.39 is 0 Å². The molecule has 0 aliphatic carbocycles. The summed E-state index contributed by atoms with van der Waals surface area (Å²) < 4.78 is 10.8. The molecule has 0 saturated carbocycles. The Balaban J connectivity index is 1.77. The highest BCUT2D eigenvalue weighted by Crippen LogP contribution is 2.17. The lowest BCUT2D eigenvalue weighted by Gasteiger charge is -2.07. The highest BCUT2D eigenvalue weighted by molar-refractivity contribution is 7.13. The highest BCUT2D eigenvalue weighted by Gasteiger charge is 2.05. The average Bonchev–Trinajstić information content (AvgIpc) is 2.97. The number of nitrogens with zero attached hydrogens (tertiary/aromatic N) is 2. The van der Waals surface area contributed by atoms with Crippen LogP contribution in [0.2, 0.25) is 0 Å². The average molecular weight is 293 g/mol. The molecule has 1 N–H and O–H groups in total. The molecule has 0 aliphatic heterocycles. The molecule has 6 nitrogen and oxygen atoms in total. The summed E-state index contributed by atoms with van der Waals surface area (Å²) in [6.07, 6.45) is 0.962. The highest BCUT2D eigenvalue weighted by atomic mass is 32.1. The van der Waals surface area contributed by atoms with Gasteiger partial charge in [0.15, 0.2) is 6.61 Å². The van der Waals surface area contributed by atoms with E-state index in [1.807, 2.05) is 19.1 Å². The van der Waals surface area contributed by atoms with Crippen LogP contribution in [0.3, 0.4) is 0 Å². The van der Waals surface area contributed by atoms with Crippen LogP contribution in [0.15, 0.2) is 29.8 Å². The Kier molecular flexibility index (Phi) is 5.31. The van der Waals surface area contributed by atoms with Crippen molar-refractivity contribution in [2.45, 2.75) is 13.3 Å². The minimum atomic E-state index is -0.270. The van der Waals surface area contributed by atoms with Crippen LogP contribution in [0.5, 0.6) is 11.5 Å². The van der Waals surface area contributed by atoms with E-state index in [0.29, 0.717) is 17.5 Å². The molecule has 0 saturated heterocycles. The van der Waals surface area contributed by atoms with Crippen molar-refractivity contribution in [2.75, 3.05) is 18.5 Å². The third-order valence-electron chi connectivity index (χ3n) is 2.27. The molecule has 7 heteroatoms. The SMILES string of the molecule is CCCOc1ccc(OCC(=O)Nc2nncs2)cc1. The molecule has 0 radical (unpaired) electrons. The van der Waals surface area contributed by atoms with Crippen LogP contribution < -0.4 is 14.8 Å². The molecule has 1 amide bonds. The largest absolute Gasteiger partial charge is 0.494 e. The van der Waals surface area contributed by atoms with Gasteiger partial charge in [0.05, 0.1) is 6.61 Å². The number of hydrogen-bond donors (Lipinski definition) is 1. The number of rotatable bonds is 7. The fourth-order valence-corrected chi connectivity index (χ4v) is 1.84. The number of aromatic nitrogens is 2. The maximum absolute atomic E-state index is 11.6. The second-order valence-electron chi connectivity index (χ2n) is 3.90. The predicted octanol–water partition coefficient (Wildman–Crippen LogP) is 2.34. The molecule has 0 spiro atoms. The Bertz CT molecular complexity index is 528. The standard InChI is InChI=1S/C13H15N3O3S/c1-2-7-18-10-3-5-11(6-4-10)19-8-12(17)15-13-16-14-9-20-13/h3-6,9H,2,7-8H2,1H3,(H,15,16,17). The summed E-state index contributed by atoms with van der Waals surface area (Å²) in [5, 5.41) is 10.4. The fraction of sp³-hybridized carbons (Fsp3) is 0.308. The Morgan fingerprint density at radius 1 is 1.25 bits per heavy atom. The molecule has 0 bridgehead atoms. The first-order valence-corrected chi connectivity index (χ1v) is 7.07.